The van der Waals surface area contributed by atoms with Crippen molar-refractivity contribution in [2.45, 2.75) is 12.6 Å². The third-order valence-corrected chi connectivity index (χ3v) is 4.75. The molecule has 2 nitrogen and oxygen atoms in total. The molecule has 0 aliphatic carbocycles. The zero-order chi connectivity index (χ0) is 17.8. The fourth-order valence-electron chi connectivity index (χ4n) is 3.38. The molecule has 0 radical (unpaired) electrons. The van der Waals surface area contributed by atoms with Gasteiger partial charge in [0.2, 0.25) is 0 Å². The van der Waals surface area contributed by atoms with E-state index in [1.54, 1.807) is 0 Å². The molecule has 0 bridgehead atoms. The van der Waals surface area contributed by atoms with Gasteiger partial charge in [-0.15, -0.1) is 0 Å². The van der Waals surface area contributed by atoms with Crippen LogP contribution in [-0.2, 0) is 6.54 Å². The van der Waals surface area contributed by atoms with E-state index in [0.29, 0.717) is 0 Å². The summed E-state index contributed by atoms with van der Waals surface area (Å²) in [6.45, 7) is 0.859. The Balaban J connectivity index is 1.77. The van der Waals surface area contributed by atoms with Gasteiger partial charge in [-0.05, 0) is 28.3 Å². The molecule has 3 aromatic rings. The summed E-state index contributed by atoms with van der Waals surface area (Å²) in [4.78, 5) is 7.36. The molecule has 0 amide bonds. The van der Waals surface area contributed by atoms with Crippen LogP contribution in [0.1, 0.15) is 28.3 Å². The number of rotatable bonds is 3. The minimum absolute atomic E-state index is 0.0211. The third-order valence-electron chi connectivity index (χ3n) is 4.75. The van der Waals surface area contributed by atoms with Crippen LogP contribution in [0.4, 0.5) is 0 Å². The molecular weight excluding hydrogens is 316 g/mol. The maximum Gasteiger partial charge on any atom is 0.124 e. The molecular formula is C24H22N2. The van der Waals surface area contributed by atoms with Gasteiger partial charge < -0.3 is 4.90 Å². The molecule has 1 heterocycles. The molecule has 0 fully saturated rings. The van der Waals surface area contributed by atoms with E-state index in [-0.39, 0.29) is 6.04 Å². The zero-order valence-electron chi connectivity index (χ0n) is 14.9. The van der Waals surface area contributed by atoms with E-state index in [9.17, 15) is 0 Å². The number of nitrogens with zero attached hydrogens (tertiary/aromatic N) is 2. The van der Waals surface area contributed by atoms with E-state index in [0.717, 1.165) is 12.4 Å². The lowest BCUT2D eigenvalue weighted by atomic mass is 9.95. The molecule has 128 valence electrons. The molecule has 0 saturated carbocycles. The van der Waals surface area contributed by atoms with E-state index in [4.69, 9.17) is 4.99 Å². The van der Waals surface area contributed by atoms with Gasteiger partial charge in [0, 0.05) is 13.6 Å². The normalized spacial score (nSPS) is 16.9. The van der Waals surface area contributed by atoms with E-state index in [1.807, 2.05) is 6.07 Å². The summed E-state index contributed by atoms with van der Waals surface area (Å²) >= 11 is 0. The fourth-order valence-corrected chi connectivity index (χ4v) is 3.38. The van der Waals surface area contributed by atoms with Gasteiger partial charge in [0.15, 0.2) is 0 Å². The summed E-state index contributed by atoms with van der Waals surface area (Å²) in [5, 5.41) is 0. The Morgan fingerprint density at radius 2 is 1.46 bits per heavy atom. The number of amidine groups is 1. The predicted molar refractivity (Wildman–Crippen MR) is 109 cm³/mol. The lowest BCUT2D eigenvalue weighted by Gasteiger charge is -2.17. The Morgan fingerprint density at radius 3 is 2.23 bits per heavy atom. The van der Waals surface area contributed by atoms with E-state index >= 15 is 0 Å². The molecule has 4 rings (SSSR count). The Hall–Kier alpha value is -3.13. The van der Waals surface area contributed by atoms with Crippen molar-refractivity contribution >= 4 is 11.9 Å². The van der Waals surface area contributed by atoms with Gasteiger partial charge in [-0.2, -0.15) is 0 Å². The number of hydrogen-bond donors (Lipinski definition) is 0. The molecule has 0 saturated heterocycles. The molecule has 0 spiro atoms. The van der Waals surface area contributed by atoms with Gasteiger partial charge in [0.05, 0.1) is 0 Å². The second-order valence-corrected chi connectivity index (χ2v) is 6.60. The Labute approximate surface area is 155 Å². The van der Waals surface area contributed by atoms with Crippen LogP contribution in [0.5, 0.6) is 0 Å². The van der Waals surface area contributed by atoms with E-state index in [1.165, 1.54) is 22.3 Å². The van der Waals surface area contributed by atoms with Crippen molar-refractivity contribution in [1.29, 1.82) is 0 Å². The van der Waals surface area contributed by atoms with Crippen LogP contribution in [0.3, 0.4) is 0 Å². The molecule has 3 aromatic carbocycles. The largest absolute Gasteiger partial charge is 0.356 e. The first-order chi connectivity index (χ1) is 12.8. The molecule has 1 unspecified atom stereocenters. The van der Waals surface area contributed by atoms with Crippen molar-refractivity contribution in [3.63, 3.8) is 0 Å². The van der Waals surface area contributed by atoms with Gasteiger partial charge in [-0.1, -0.05) is 91.0 Å². The van der Waals surface area contributed by atoms with Crippen molar-refractivity contribution in [2.75, 3.05) is 7.05 Å². The number of benzene rings is 3. The van der Waals surface area contributed by atoms with Crippen molar-refractivity contribution in [3.8, 4) is 0 Å². The summed E-state index contributed by atoms with van der Waals surface area (Å²) in [6.07, 6.45) is 4.25. The number of aliphatic imine (C=N–C) groups is 1. The summed E-state index contributed by atoms with van der Waals surface area (Å²) in [5.74, 6) is 0.999. The van der Waals surface area contributed by atoms with Gasteiger partial charge in [0.25, 0.3) is 0 Å². The average molecular weight is 338 g/mol. The smallest absolute Gasteiger partial charge is 0.124 e. The molecule has 1 aliphatic heterocycles. The first-order valence-electron chi connectivity index (χ1n) is 8.96. The number of hydrogen-bond acceptors (Lipinski definition) is 2. The predicted octanol–water partition coefficient (Wildman–Crippen LogP) is 5.33. The SMILES string of the molecule is CN1Cc2ccccc2C(c2ccccc2)N=C1/C=C/c1ccccc1. The van der Waals surface area contributed by atoms with Gasteiger partial charge in [-0.25, -0.2) is 0 Å². The Bertz CT molecular complexity index is 927. The Kier molecular flexibility index (Phi) is 4.65. The zero-order valence-corrected chi connectivity index (χ0v) is 14.9. The molecule has 2 heteroatoms. The van der Waals surface area contributed by atoms with Gasteiger partial charge >= 0.3 is 0 Å². The van der Waals surface area contributed by atoms with Crippen LogP contribution in [0.25, 0.3) is 6.08 Å². The van der Waals surface area contributed by atoms with E-state index < -0.39 is 0 Å². The van der Waals surface area contributed by atoms with Crippen LogP contribution >= 0.6 is 0 Å². The van der Waals surface area contributed by atoms with Crippen molar-refractivity contribution in [3.05, 3.63) is 113 Å². The fraction of sp³-hybridized carbons (Fsp3) is 0.125. The quantitative estimate of drug-likeness (QED) is 0.630. The number of likely N-dealkylation sites (N-methyl/N-ethyl adjacent to an activating group) is 1. The first kappa shape index (κ1) is 16.3. The minimum Gasteiger partial charge on any atom is -0.356 e. The second-order valence-electron chi connectivity index (χ2n) is 6.60. The van der Waals surface area contributed by atoms with Crippen LogP contribution in [0.2, 0.25) is 0 Å². The second kappa shape index (κ2) is 7.40. The van der Waals surface area contributed by atoms with Crippen LogP contribution < -0.4 is 0 Å². The van der Waals surface area contributed by atoms with Crippen molar-refractivity contribution < 1.29 is 0 Å². The van der Waals surface area contributed by atoms with Crippen molar-refractivity contribution in [2.24, 2.45) is 4.99 Å². The highest BCUT2D eigenvalue weighted by atomic mass is 15.2. The monoisotopic (exact) mass is 338 g/mol. The highest BCUT2D eigenvalue weighted by molar-refractivity contribution is 5.97. The van der Waals surface area contributed by atoms with Gasteiger partial charge in [0.1, 0.15) is 11.9 Å². The molecule has 26 heavy (non-hydrogen) atoms. The molecule has 1 aliphatic rings. The summed E-state index contributed by atoms with van der Waals surface area (Å²) in [5.41, 5.74) is 5.02. The van der Waals surface area contributed by atoms with Crippen LogP contribution in [0, 0.1) is 0 Å². The van der Waals surface area contributed by atoms with Gasteiger partial charge in [-0.3, -0.25) is 4.99 Å². The average Bonchev–Trinajstić information content (AvgIpc) is 2.84. The van der Waals surface area contributed by atoms with Crippen molar-refractivity contribution in [1.82, 2.24) is 4.90 Å². The minimum atomic E-state index is 0.0211. The maximum absolute atomic E-state index is 5.14. The molecule has 0 aromatic heterocycles. The number of fused-ring (bicyclic) bond motifs is 1. The van der Waals surface area contributed by atoms with Crippen LogP contribution in [-0.4, -0.2) is 17.8 Å². The summed E-state index contributed by atoms with van der Waals surface area (Å²) in [7, 11) is 2.11. The standard InChI is InChI=1S/C24H22N2/c1-26-18-21-14-8-9-15-22(21)24(20-12-6-3-7-13-20)25-23(26)17-16-19-10-4-2-5-11-19/h2-17,24H,18H2,1H3/b17-16+. The third kappa shape index (κ3) is 3.45. The molecule has 1 atom stereocenters. The Morgan fingerprint density at radius 1 is 0.808 bits per heavy atom. The first-order valence-corrected chi connectivity index (χ1v) is 8.96. The highest BCUT2D eigenvalue weighted by Gasteiger charge is 2.22. The highest BCUT2D eigenvalue weighted by Crippen LogP contribution is 2.32. The lowest BCUT2D eigenvalue weighted by Crippen LogP contribution is -2.23. The van der Waals surface area contributed by atoms with E-state index in [2.05, 4.69) is 103 Å². The maximum atomic E-state index is 5.14. The lowest BCUT2D eigenvalue weighted by molar-refractivity contribution is 0.506. The van der Waals surface area contributed by atoms with Crippen LogP contribution in [0.15, 0.2) is 96.0 Å². The summed E-state index contributed by atoms with van der Waals surface area (Å²) < 4.78 is 0. The summed E-state index contributed by atoms with van der Waals surface area (Å²) in [6, 6.07) is 29.6. The molecule has 0 N–H and O–H groups in total. The topological polar surface area (TPSA) is 15.6 Å².